The number of amides is 2. The maximum atomic E-state index is 14.3. The second-order valence-electron chi connectivity index (χ2n) is 11.5. The minimum atomic E-state index is -1.05. The van der Waals surface area contributed by atoms with Crippen LogP contribution in [0.1, 0.15) is 48.6 Å². The van der Waals surface area contributed by atoms with Crippen LogP contribution in [0.25, 0.3) is 11.3 Å². The Labute approximate surface area is 246 Å². The average Bonchev–Trinajstić information content (AvgIpc) is 3.46. The number of rotatable bonds is 8. The predicted octanol–water partition coefficient (Wildman–Crippen LogP) is 3.27. The number of piperazine rings is 1. The molecule has 1 saturated heterocycles. The molecule has 1 saturated carbocycles. The number of imidazole rings is 1. The van der Waals surface area contributed by atoms with Gasteiger partial charge in [0.15, 0.2) is 12.3 Å². The number of benzene rings is 2. The van der Waals surface area contributed by atoms with E-state index in [1.165, 1.54) is 0 Å². The Morgan fingerprint density at radius 1 is 1.17 bits per heavy atom. The van der Waals surface area contributed by atoms with Crippen LogP contribution in [0.4, 0.5) is 5.69 Å². The molecule has 3 heterocycles. The minimum Gasteiger partial charge on any atom is -0.482 e. The van der Waals surface area contributed by atoms with Crippen molar-refractivity contribution in [1.29, 1.82) is 0 Å². The summed E-state index contributed by atoms with van der Waals surface area (Å²) in [5.74, 6) is 0.469. The second-order valence-corrected chi connectivity index (χ2v) is 11.5. The molecule has 0 unspecified atom stereocenters. The quantitative estimate of drug-likeness (QED) is 0.426. The number of para-hydroxylation sites is 2. The maximum Gasteiger partial charge on any atom is 0.275 e. The average molecular weight is 574 g/mol. The number of ether oxygens (including phenoxy) is 2. The lowest BCUT2D eigenvalue weighted by molar-refractivity contribution is -0.121. The van der Waals surface area contributed by atoms with Gasteiger partial charge in [0.05, 0.1) is 30.4 Å². The largest absolute Gasteiger partial charge is 0.482 e. The van der Waals surface area contributed by atoms with Crippen molar-refractivity contribution in [3.05, 3.63) is 66.6 Å². The Morgan fingerprint density at radius 3 is 2.81 bits per heavy atom. The molecule has 42 heavy (non-hydrogen) atoms. The topological polar surface area (TPSA) is 109 Å². The summed E-state index contributed by atoms with van der Waals surface area (Å²) in [5.41, 5.74) is 1.70. The first-order valence-corrected chi connectivity index (χ1v) is 14.9. The van der Waals surface area contributed by atoms with Gasteiger partial charge in [0, 0.05) is 44.9 Å². The summed E-state index contributed by atoms with van der Waals surface area (Å²) < 4.78 is 13.1. The minimum absolute atomic E-state index is 0.0109. The molecule has 2 N–H and O–H groups in total. The van der Waals surface area contributed by atoms with Crippen LogP contribution in [-0.4, -0.2) is 89.5 Å². The summed E-state index contributed by atoms with van der Waals surface area (Å²) >= 11 is 0. The molecule has 222 valence electrons. The highest BCUT2D eigenvalue weighted by Gasteiger charge is 2.42. The molecule has 2 amide bonds. The first-order valence-electron chi connectivity index (χ1n) is 14.9. The van der Waals surface area contributed by atoms with Crippen molar-refractivity contribution >= 4 is 17.5 Å². The van der Waals surface area contributed by atoms with Gasteiger partial charge in [0.2, 0.25) is 0 Å². The van der Waals surface area contributed by atoms with Gasteiger partial charge in [-0.2, -0.15) is 0 Å². The molecule has 0 radical (unpaired) electrons. The fourth-order valence-electron chi connectivity index (χ4n) is 6.76. The number of hydrogen-bond acceptors (Lipinski definition) is 7. The van der Waals surface area contributed by atoms with Gasteiger partial charge < -0.3 is 34.3 Å². The Balaban J connectivity index is 1.30. The van der Waals surface area contributed by atoms with Gasteiger partial charge in [0.1, 0.15) is 11.4 Å². The summed E-state index contributed by atoms with van der Waals surface area (Å²) in [6, 6.07) is 17.0. The summed E-state index contributed by atoms with van der Waals surface area (Å²) in [7, 11) is 1.61. The summed E-state index contributed by atoms with van der Waals surface area (Å²) in [6.45, 7) is 2.55. The molecule has 1 aliphatic carbocycles. The Hall–Kier alpha value is -3.73. The lowest BCUT2D eigenvalue weighted by atomic mass is 9.80. The second kappa shape index (κ2) is 12.2. The molecule has 2 fully saturated rings. The number of carbonyl (C=O) groups is 2. The highest BCUT2D eigenvalue weighted by molar-refractivity contribution is 5.99. The molecule has 3 aliphatic rings. The normalized spacial score (nSPS) is 24.3. The number of aromatic nitrogens is 2. The lowest BCUT2D eigenvalue weighted by Crippen LogP contribution is -2.55. The van der Waals surface area contributed by atoms with Crippen molar-refractivity contribution in [2.24, 2.45) is 0 Å². The van der Waals surface area contributed by atoms with Gasteiger partial charge in [-0.1, -0.05) is 55.3 Å². The van der Waals surface area contributed by atoms with Crippen LogP contribution in [-0.2, 0) is 9.53 Å². The van der Waals surface area contributed by atoms with E-state index in [0.29, 0.717) is 50.5 Å². The fourth-order valence-corrected chi connectivity index (χ4v) is 6.76. The number of fused-ring (bicyclic) bond motifs is 1. The molecule has 0 spiro atoms. The van der Waals surface area contributed by atoms with Crippen molar-refractivity contribution in [3.8, 4) is 17.0 Å². The molecule has 10 heteroatoms. The van der Waals surface area contributed by atoms with Crippen LogP contribution < -0.4 is 15.0 Å². The number of carbonyl (C=O) groups excluding carboxylic acids is 2. The van der Waals surface area contributed by atoms with Gasteiger partial charge in [-0.05, 0) is 31.4 Å². The van der Waals surface area contributed by atoms with Gasteiger partial charge in [0.25, 0.3) is 11.8 Å². The number of nitrogens with one attached hydrogen (secondary N) is 1. The third kappa shape index (κ3) is 5.42. The zero-order valence-electron chi connectivity index (χ0n) is 24.1. The summed E-state index contributed by atoms with van der Waals surface area (Å²) in [6.07, 6.45) is 5.63. The van der Waals surface area contributed by atoms with Gasteiger partial charge in [-0.3, -0.25) is 9.59 Å². The van der Waals surface area contributed by atoms with Crippen molar-refractivity contribution < 1.29 is 24.2 Å². The van der Waals surface area contributed by atoms with E-state index in [0.717, 1.165) is 36.2 Å². The predicted molar refractivity (Wildman–Crippen MR) is 159 cm³/mol. The lowest BCUT2D eigenvalue weighted by Gasteiger charge is -2.41. The van der Waals surface area contributed by atoms with Gasteiger partial charge >= 0.3 is 0 Å². The van der Waals surface area contributed by atoms with Crippen LogP contribution in [0.5, 0.6) is 5.75 Å². The highest BCUT2D eigenvalue weighted by atomic mass is 16.5. The van der Waals surface area contributed by atoms with Crippen molar-refractivity contribution in [1.82, 2.24) is 19.8 Å². The van der Waals surface area contributed by atoms with Crippen LogP contribution in [0.2, 0.25) is 0 Å². The molecule has 1 aromatic heterocycles. The monoisotopic (exact) mass is 573 g/mol. The molecular weight excluding hydrogens is 534 g/mol. The molecular formula is C32H39N5O5. The molecule has 2 aromatic carbocycles. The van der Waals surface area contributed by atoms with Gasteiger partial charge in [-0.15, -0.1) is 0 Å². The number of methoxy groups -OCH3 is 1. The SMILES string of the molecule is COC[C@]1(O)CCCC[C@H]1n1cnc(C(=O)N2CCNC[C@H]2CCN2C(=O)COc3ccccc32)c1-c1ccccc1. The number of hydrogen-bond donors (Lipinski definition) is 2. The molecule has 3 aromatic rings. The fraction of sp³-hybridized carbons (Fsp3) is 0.469. The first-order chi connectivity index (χ1) is 20.5. The Bertz CT molecular complexity index is 1410. The molecule has 10 nitrogen and oxygen atoms in total. The third-order valence-corrected chi connectivity index (χ3v) is 8.84. The molecule has 6 rings (SSSR count). The summed E-state index contributed by atoms with van der Waals surface area (Å²) in [4.78, 5) is 35.5. The van der Waals surface area contributed by atoms with Crippen molar-refractivity contribution in [2.45, 2.75) is 49.8 Å². The molecule has 3 atom stereocenters. The van der Waals surface area contributed by atoms with E-state index < -0.39 is 5.60 Å². The number of aliphatic hydroxyl groups is 1. The van der Waals surface area contributed by atoms with E-state index in [-0.39, 0.29) is 37.1 Å². The third-order valence-electron chi connectivity index (χ3n) is 8.84. The standard InChI is InChI=1S/C32H39N5O5/c1-41-21-32(40)15-8-7-13-27(32)37-22-34-29(30(37)23-9-3-2-4-10-23)31(39)35-18-16-33-19-24(35)14-17-36-25-11-5-6-12-26(25)42-20-28(36)38/h2-6,9-12,22,24,27,33,40H,7-8,13-21H2,1H3/t24-,27-,32-/m1/s1. The number of nitrogens with zero attached hydrogens (tertiary/aromatic N) is 4. The van der Waals surface area contributed by atoms with E-state index in [1.54, 1.807) is 18.3 Å². The molecule has 2 aliphatic heterocycles. The van der Waals surface area contributed by atoms with Crippen LogP contribution in [0.15, 0.2) is 60.9 Å². The van der Waals surface area contributed by atoms with Crippen LogP contribution >= 0.6 is 0 Å². The highest BCUT2D eigenvalue weighted by Crippen LogP contribution is 2.41. The zero-order valence-corrected chi connectivity index (χ0v) is 24.1. The van der Waals surface area contributed by atoms with E-state index >= 15 is 0 Å². The van der Waals surface area contributed by atoms with E-state index in [4.69, 9.17) is 14.5 Å². The first kappa shape index (κ1) is 28.4. The van der Waals surface area contributed by atoms with E-state index in [1.807, 2.05) is 64.1 Å². The van der Waals surface area contributed by atoms with E-state index in [2.05, 4.69) is 5.32 Å². The maximum absolute atomic E-state index is 14.3. The zero-order chi connectivity index (χ0) is 29.1. The van der Waals surface area contributed by atoms with Crippen molar-refractivity contribution in [3.63, 3.8) is 0 Å². The van der Waals surface area contributed by atoms with Crippen LogP contribution in [0.3, 0.4) is 0 Å². The van der Waals surface area contributed by atoms with Crippen LogP contribution in [0, 0.1) is 0 Å². The van der Waals surface area contributed by atoms with Crippen molar-refractivity contribution in [2.75, 3.05) is 51.4 Å². The van der Waals surface area contributed by atoms with E-state index in [9.17, 15) is 14.7 Å². The molecule has 0 bridgehead atoms. The number of anilines is 1. The Kier molecular flexibility index (Phi) is 8.28. The summed E-state index contributed by atoms with van der Waals surface area (Å²) in [5, 5.41) is 15.1. The van der Waals surface area contributed by atoms with Gasteiger partial charge in [-0.25, -0.2) is 4.98 Å². The Morgan fingerprint density at radius 2 is 1.98 bits per heavy atom. The smallest absolute Gasteiger partial charge is 0.275 e.